The Hall–Kier alpha value is -5.48. The van der Waals surface area contributed by atoms with Crippen LogP contribution in [0.3, 0.4) is 0 Å². The molecule has 2 saturated heterocycles. The van der Waals surface area contributed by atoms with Crippen LogP contribution < -0.4 is 21.3 Å². The van der Waals surface area contributed by atoms with Gasteiger partial charge in [0.2, 0.25) is 29.5 Å². The van der Waals surface area contributed by atoms with E-state index in [1.165, 1.54) is 0 Å². The van der Waals surface area contributed by atoms with Crippen molar-refractivity contribution in [2.45, 2.75) is 104 Å². The molecule has 0 saturated carbocycles. The summed E-state index contributed by atoms with van der Waals surface area (Å²) in [5.74, 6) is -3.08. The van der Waals surface area contributed by atoms with E-state index in [1.807, 2.05) is 57.5 Å². The molecule has 15 nitrogen and oxygen atoms in total. The molecule has 16 heteroatoms. The quantitative estimate of drug-likeness (QED) is 0.112. The number of fused-ring (bicyclic) bond motifs is 1. The highest BCUT2D eigenvalue weighted by molar-refractivity contribution is 7.13. The van der Waals surface area contributed by atoms with Gasteiger partial charge in [0.1, 0.15) is 24.7 Å². The van der Waals surface area contributed by atoms with Crippen molar-refractivity contribution < 1.29 is 38.3 Å². The summed E-state index contributed by atoms with van der Waals surface area (Å²) in [4.78, 5) is 98.6. The molecule has 3 aliphatic heterocycles. The van der Waals surface area contributed by atoms with E-state index in [0.29, 0.717) is 51.2 Å². The molecule has 2 unspecified atom stereocenters. The van der Waals surface area contributed by atoms with Crippen molar-refractivity contribution in [1.29, 1.82) is 0 Å². The first-order chi connectivity index (χ1) is 28.2. The lowest BCUT2D eigenvalue weighted by molar-refractivity contribution is -0.144. The summed E-state index contributed by atoms with van der Waals surface area (Å²) in [6.07, 6.45) is 4.55. The molecule has 0 spiro atoms. The van der Waals surface area contributed by atoms with E-state index >= 15 is 0 Å². The molecule has 6 rings (SSSR count). The van der Waals surface area contributed by atoms with Gasteiger partial charge in [-0.3, -0.25) is 43.8 Å². The second-order valence-corrected chi connectivity index (χ2v) is 17.2. The Labute approximate surface area is 348 Å². The Kier molecular flexibility index (Phi) is 13.9. The van der Waals surface area contributed by atoms with Gasteiger partial charge in [-0.15, -0.1) is 11.3 Å². The summed E-state index contributed by atoms with van der Waals surface area (Å²) in [6.45, 7) is 9.09. The number of aryl methyl sites for hydroxylation is 1. The van der Waals surface area contributed by atoms with Gasteiger partial charge in [-0.2, -0.15) is 0 Å². The SMILES string of the molecule is Cc1ncsc1-c1ccc(CNC(=O)C2CCCN2C(=O)[C@@H](NC(=O)COCCCCCCNc2cccc3c2C(=O)N(C2CCC(=O)NC2=O)C3=O)C(C)(C)C)cc1. The predicted molar refractivity (Wildman–Crippen MR) is 221 cm³/mol. The molecule has 3 atom stereocenters. The van der Waals surface area contributed by atoms with Crippen LogP contribution in [0.5, 0.6) is 0 Å². The number of carbonyl (C=O) groups excluding carboxylic acids is 7. The number of carbonyl (C=O) groups is 7. The van der Waals surface area contributed by atoms with Crippen LogP contribution >= 0.6 is 11.3 Å². The number of piperidine rings is 1. The number of amides is 7. The zero-order valence-electron chi connectivity index (χ0n) is 34.1. The second kappa shape index (κ2) is 19.1. The van der Waals surface area contributed by atoms with Crippen LogP contribution in [-0.4, -0.2) is 101 Å². The summed E-state index contributed by atoms with van der Waals surface area (Å²) >= 11 is 1.59. The fourth-order valence-corrected chi connectivity index (χ4v) is 8.52. The maximum atomic E-state index is 13.9. The summed E-state index contributed by atoms with van der Waals surface area (Å²) in [6, 6.07) is 10.5. The number of unbranched alkanes of at least 4 members (excludes halogenated alkanes) is 3. The molecule has 3 aromatic rings. The fourth-order valence-electron chi connectivity index (χ4n) is 7.71. The molecule has 4 heterocycles. The third-order valence-corrected chi connectivity index (χ3v) is 11.9. The third kappa shape index (κ3) is 10.2. The van der Waals surface area contributed by atoms with Crippen LogP contribution in [0.2, 0.25) is 0 Å². The fraction of sp³-hybridized carbons (Fsp3) is 0.488. The molecule has 4 N–H and O–H groups in total. The molecule has 2 fully saturated rings. The summed E-state index contributed by atoms with van der Waals surface area (Å²) < 4.78 is 5.66. The number of hydrogen-bond donors (Lipinski definition) is 4. The number of hydrogen-bond acceptors (Lipinski definition) is 11. The number of ether oxygens (including phenoxy) is 1. The van der Waals surface area contributed by atoms with Gasteiger partial charge in [-0.05, 0) is 67.7 Å². The van der Waals surface area contributed by atoms with Gasteiger partial charge >= 0.3 is 0 Å². The van der Waals surface area contributed by atoms with Crippen LogP contribution in [0.4, 0.5) is 5.69 Å². The Bertz CT molecular complexity index is 2080. The van der Waals surface area contributed by atoms with E-state index in [1.54, 1.807) is 34.4 Å². The van der Waals surface area contributed by atoms with Gasteiger partial charge in [0, 0.05) is 38.3 Å². The molecule has 0 bridgehead atoms. The maximum absolute atomic E-state index is 13.9. The lowest BCUT2D eigenvalue weighted by atomic mass is 9.85. The highest BCUT2D eigenvalue weighted by Gasteiger charge is 2.46. The van der Waals surface area contributed by atoms with Crippen LogP contribution in [0, 0.1) is 12.3 Å². The van der Waals surface area contributed by atoms with Crippen molar-refractivity contribution in [3.05, 3.63) is 70.4 Å². The molecule has 1 aromatic heterocycles. The van der Waals surface area contributed by atoms with Gasteiger partial charge in [0.25, 0.3) is 11.8 Å². The normalized spacial score (nSPS) is 18.4. The van der Waals surface area contributed by atoms with E-state index in [0.717, 1.165) is 45.9 Å². The van der Waals surface area contributed by atoms with Gasteiger partial charge in [0.05, 0.1) is 27.2 Å². The number of nitrogens with one attached hydrogen (secondary N) is 4. The summed E-state index contributed by atoms with van der Waals surface area (Å²) in [7, 11) is 0. The summed E-state index contributed by atoms with van der Waals surface area (Å²) in [5, 5.41) is 11.3. The van der Waals surface area contributed by atoms with Crippen LogP contribution in [0.25, 0.3) is 10.4 Å². The lowest BCUT2D eigenvalue weighted by Crippen LogP contribution is -2.58. The van der Waals surface area contributed by atoms with Crippen molar-refractivity contribution >= 4 is 58.4 Å². The molecular formula is C43H53N7O8S. The standard InChI is InChI=1S/C43H53N7O8S/c1-26-36(59-25-46-26)28-16-14-27(15-17-28)23-45-38(53)31-13-10-21-49(31)42(57)37(43(2,3)4)47-34(52)24-58-22-8-6-5-7-20-44-30-12-9-11-29-35(30)41(56)50(40(29)55)32-18-19-33(51)48-39(32)54/h9,11-12,14-17,25,31-32,37,44H,5-8,10,13,18-24H2,1-4H3,(H,45,53)(H,47,52)(H,48,51,54)/t31?,32?,37-/m1/s1. The average molecular weight is 828 g/mol. The number of likely N-dealkylation sites (tertiary alicyclic amines) is 1. The molecule has 3 aliphatic rings. The number of anilines is 1. The van der Waals surface area contributed by atoms with Gasteiger partial charge in [0.15, 0.2) is 0 Å². The number of benzene rings is 2. The minimum atomic E-state index is -1.02. The Morgan fingerprint density at radius 2 is 1.75 bits per heavy atom. The molecule has 0 aliphatic carbocycles. The first-order valence-electron chi connectivity index (χ1n) is 20.3. The number of thiazole rings is 1. The third-order valence-electron chi connectivity index (χ3n) is 10.9. The smallest absolute Gasteiger partial charge is 0.264 e. The number of aromatic nitrogens is 1. The van der Waals surface area contributed by atoms with Crippen molar-refractivity contribution in [3.63, 3.8) is 0 Å². The highest BCUT2D eigenvalue weighted by atomic mass is 32.1. The van der Waals surface area contributed by atoms with Crippen molar-refractivity contribution in [1.82, 2.24) is 30.7 Å². The second-order valence-electron chi connectivity index (χ2n) is 16.3. The molecule has 0 radical (unpaired) electrons. The minimum absolute atomic E-state index is 0.0566. The molecule has 7 amide bonds. The Morgan fingerprint density at radius 3 is 2.46 bits per heavy atom. The molecule has 2 aromatic carbocycles. The van der Waals surface area contributed by atoms with Crippen molar-refractivity contribution in [2.75, 3.05) is 31.6 Å². The van der Waals surface area contributed by atoms with Gasteiger partial charge < -0.3 is 25.6 Å². The van der Waals surface area contributed by atoms with Gasteiger partial charge in [-0.1, -0.05) is 63.9 Å². The van der Waals surface area contributed by atoms with E-state index in [4.69, 9.17) is 4.74 Å². The number of nitrogens with zero attached hydrogens (tertiary/aromatic N) is 3. The molecular weight excluding hydrogens is 775 g/mol. The monoisotopic (exact) mass is 827 g/mol. The number of rotatable bonds is 17. The van der Waals surface area contributed by atoms with E-state index < -0.39 is 53.1 Å². The maximum Gasteiger partial charge on any atom is 0.264 e. The van der Waals surface area contributed by atoms with Crippen molar-refractivity contribution in [2.24, 2.45) is 5.41 Å². The lowest BCUT2D eigenvalue weighted by Gasteiger charge is -2.35. The van der Waals surface area contributed by atoms with Gasteiger partial charge in [-0.25, -0.2) is 4.98 Å². The zero-order chi connectivity index (χ0) is 42.3. The Balaban J connectivity index is 0.891. The first kappa shape index (κ1) is 43.1. The van der Waals surface area contributed by atoms with Crippen molar-refractivity contribution in [3.8, 4) is 10.4 Å². The average Bonchev–Trinajstić information content (AvgIpc) is 3.93. The predicted octanol–water partition coefficient (Wildman–Crippen LogP) is 4.35. The largest absolute Gasteiger partial charge is 0.384 e. The van der Waals surface area contributed by atoms with Crippen LogP contribution in [0.15, 0.2) is 48.0 Å². The minimum Gasteiger partial charge on any atom is -0.384 e. The first-order valence-corrected chi connectivity index (χ1v) is 21.2. The summed E-state index contributed by atoms with van der Waals surface area (Å²) in [5.41, 5.74) is 5.18. The Morgan fingerprint density at radius 1 is 0.983 bits per heavy atom. The van der Waals surface area contributed by atoms with Crippen LogP contribution in [0.1, 0.15) is 104 Å². The van der Waals surface area contributed by atoms with E-state index in [2.05, 4.69) is 26.3 Å². The van der Waals surface area contributed by atoms with E-state index in [-0.39, 0.29) is 42.4 Å². The molecule has 59 heavy (non-hydrogen) atoms. The zero-order valence-corrected chi connectivity index (χ0v) is 34.9. The number of imide groups is 2. The van der Waals surface area contributed by atoms with E-state index in [9.17, 15) is 33.6 Å². The highest BCUT2D eigenvalue weighted by Crippen LogP contribution is 2.33. The molecule has 314 valence electrons. The topological polar surface area (TPSA) is 196 Å². The van der Waals surface area contributed by atoms with Crippen LogP contribution in [-0.2, 0) is 35.3 Å².